The van der Waals surface area contributed by atoms with E-state index in [-0.39, 0.29) is 12.3 Å². The molecule has 0 radical (unpaired) electrons. The van der Waals surface area contributed by atoms with Gasteiger partial charge in [0.05, 0.1) is 5.57 Å². The molecule has 0 aliphatic heterocycles. The fraction of sp³-hybridized carbons (Fsp3) is 0.500. The predicted molar refractivity (Wildman–Crippen MR) is 95.1 cm³/mol. The van der Waals surface area contributed by atoms with Gasteiger partial charge in [-0.05, 0) is 31.4 Å². The van der Waals surface area contributed by atoms with E-state index in [0.717, 1.165) is 11.9 Å². The molecule has 0 unspecified atom stereocenters. The van der Waals surface area contributed by atoms with Crippen LogP contribution in [0.1, 0.15) is 58.6 Å². The number of rotatable bonds is 6. The molecule has 25 heavy (non-hydrogen) atoms. The monoisotopic (exact) mass is 357 g/mol. The van der Waals surface area contributed by atoms with E-state index in [0.29, 0.717) is 23.7 Å². The first-order chi connectivity index (χ1) is 11.6. The Morgan fingerprint density at radius 1 is 1.36 bits per heavy atom. The Balaban J connectivity index is 0.000000609. The summed E-state index contributed by atoms with van der Waals surface area (Å²) in [5.74, 6) is 0.522. The predicted octanol–water partition coefficient (Wildman–Crippen LogP) is 5.48. The van der Waals surface area contributed by atoms with Crippen molar-refractivity contribution in [2.75, 3.05) is 5.32 Å². The molecule has 1 heterocycles. The first-order valence-corrected chi connectivity index (χ1v) is 8.16. The number of pyridine rings is 1. The molecule has 4 nitrogen and oxygen atoms in total. The fourth-order valence-corrected chi connectivity index (χ4v) is 1.69. The van der Waals surface area contributed by atoms with Crippen LogP contribution in [0, 0.1) is 5.41 Å². The van der Waals surface area contributed by atoms with Crippen molar-refractivity contribution in [3.63, 3.8) is 0 Å². The number of hydrogen-bond acceptors (Lipinski definition) is 3. The summed E-state index contributed by atoms with van der Waals surface area (Å²) in [5.41, 5.74) is 1.25. The van der Waals surface area contributed by atoms with Crippen molar-refractivity contribution in [2.45, 2.75) is 59.1 Å². The largest absolute Gasteiger partial charge is 0.389 e. The molecule has 2 N–H and O–H groups in total. The van der Waals surface area contributed by atoms with Crippen molar-refractivity contribution in [1.82, 2.24) is 4.98 Å². The average molecular weight is 357 g/mol. The quantitative estimate of drug-likeness (QED) is 0.523. The van der Waals surface area contributed by atoms with Gasteiger partial charge in [0.2, 0.25) is 0 Å². The summed E-state index contributed by atoms with van der Waals surface area (Å²) in [4.78, 5) is 16.0. The summed E-state index contributed by atoms with van der Waals surface area (Å²) in [5, 5.41) is 9.76. The van der Waals surface area contributed by atoms with Crippen LogP contribution in [-0.2, 0) is 4.79 Å². The van der Waals surface area contributed by atoms with Gasteiger partial charge < -0.3 is 10.7 Å². The van der Waals surface area contributed by atoms with Crippen LogP contribution < -0.4 is 5.32 Å². The molecule has 0 fully saturated rings. The van der Waals surface area contributed by atoms with Crippen molar-refractivity contribution >= 4 is 17.9 Å². The number of anilines is 1. The molecule has 0 bridgehead atoms. The normalized spacial score (nSPS) is 11.6. The summed E-state index contributed by atoms with van der Waals surface area (Å²) in [6.45, 7) is 7.55. The first-order valence-electron chi connectivity index (χ1n) is 8.16. The van der Waals surface area contributed by atoms with E-state index in [1.54, 1.807) is 26.0 Å². The zero-order valence-electron chi connectivity index (χ0n) is 15.1. The van der Waals surface area contributed by atoms with E-state index in [2.05, 4.69) is 10.3 Å². The number of nitrogens with zero attached hydrogens (tertiary/aromatic N) is 1. The van der Waals surface area contributed by atoms with Gasteiger partial charge in [-0.2, -0.15) is 13.2 Å². The Morgan fingerprint density at radius 3 is 2.40 bits per heavy atom. The highest BCUT2D eigenvalue weighted by molar-refractivity contribution is 6.16. The lowest BCUT2D eigenvalue weighted by Gasteiger charge is -2.08. The van der Waals surface area contributed by atoms with Crippen LogP contribution >= 0.6 is 0 Å². The van der Waals surface area contributed by atoms with Gasteiger partial charge in [-0.3, -0.25) is 4.79 Å². The van der Waals surface area contributed by atoms with Crippen LogP contribution in [0.15, 0.2) is 29.8 Å². The Hall–Kier alpha value is -2.18. The van der Waals surface area contributed by atoms with Crippen LogP contribution in [0.3, 0.4) is 0 Å². The molecule has 0 aliphatic rings. The van der Waals surface area contributed by atoms with Crippen LogP contribution in [-0.4, -0.2) is 23.3 Å². The molecule has 0 spiro atoms. The summed E-state index contributed by atoms with van der Waals surface area (Å²) in [7, 11) is 0. The Kier molecular flexibility index (Phi) is 10.4. The molecule has 0 atom stereocenters. The van der Waals surface area contributed by atoms with Gasteiger partial charge in [0.25, 0.3) is 5.91 Å². The zero-order valence-corrected chi connectivity index (χ0v) is 15.1. The van der Waals surface area contributed by atoms with Gasteiger partial charge in [-0.25, -0.2) is 4.98 Å². The van der Waals surface area contributed by atoms with Crippen LogP contribution in [0.25, 0.3) is 0 Å². The van der Waals surface area contributed by atoms with Crippen molar-refractivity contribution in [2.24, 2.45) is 0 Å². The average Bonchev–Trinajstić information content (AvgIpc) is 2.54. The molecule has 0 aromatic carbocycles. The van der Waals surface area contributed by atoms with E-state index in [9.17, 15) is 18.0 Å². The van der Waals surface area contributed by atoms with Crippen molar-refractivity contribution in [3.05, 3.63) is 35.5 Å². The highest BCUT2D eigenvalue weighted by atomic mass is 19.4. The van der Waals surface area contributed by atoms with Gasteiger partial charge in [0.15, 0.2) is 0 Å². The zero-order chi connectivity index (χ0) is 19.5. The minimum absolute atomic E-state index is 0.253. The number of amides is 1. The molecular formula is C18H26F3N3O. The highest BCUT2D eigenvalue weighted by Gasteiger charge is 2.25. The Bertz CT molecular complexity index is 581. The molecular weight excluding hydrogens is 331 g/mol. The number of aromatic nitrogens is 1. The summed E-state index contributed by atoms with van der Waals surface area (Å²) in [6.07, 6.45) is -1.10. The molecule has 1 amide bonds. The first kappa shape index (κ1) is 22.8. The van der Waals surface area contributed by atoms with E-state index in [1.165, 1.54) is 0 Å². The number of halogens is 3. The second kappa shape index (κ2) is 11.4. The third-order valence-corrected chi connectivity index (χ3v) is 3.15. The topological polar surface area (TPSA) is 65.8 Å². The van der Waals surface area contributed by atoms with Crippen LogP contribution in [0.4, 0.5) is 19.0 Å². The van der Waals surface area contributed by atoms with Gasteiger partial charge >= 0.3 is 6.18 Å². The molecule has 7 heteroatoms. The number of allylic oxidation sites excluding steroid dienone is 1. The second-order valence-electron chi connectivity index (χ2n) is 5.66. The molecule has 1 aromatic heterocycles. The Morgan fingerprint density at radius 2 is 2.00 bits per heavy atom. The molecule has 140 valence electrons. The minimum atomic E-state index is -3.95. The second-order valence-corrected chi connectivity index (χ2v) is 5.66. The smallest absolute Gasteiger partial charge is 0.308 e. The SMILES string of the molecule is C/C=C(\C=N)C(=O)Nc1cccc(C(C)C)n1.CCCCC(F)(F)F. The summed E-state index contributed by atoms with van der Waals surface area (Å²) >= 11 is 0. The van der Waals surface area contributed by atoms with Gasteiger partial charge in [0, 0.05) is 18.3 Å². The minimum Gasteiger partial charge on any atom is -0.308 e. The van der Waals surface area contributed by atoms with Crippen molar-refractivity contribution < 1.29 is 18.0 Å². The lowest BCUT2D eigenvalue weighted by atomic mass is 10.1. The lowest BCUT2D eigenvalue weighted by Crippen LogP contribution is -2.16. The maximum Gasteiger partial charge on any atom is 0.389 e. The van der Waals surface area contributed by atoms with Gasteiger partial charge in [-0.15, -0.1) is 0 Å². The van der Waals surface area contributed by atoms with E-state index in [4.69, 9.17) is 5.41 Å². The van der Waals surface area contributed by atoms with Gasteiger partial charge in [-0.1, -0.05) is 39.3 Å². The number of carbonyl (C=O) groups excluding carboxylic acids is 1. The summed E-state index contributed by atoms with van der Waals surface area (Å²) < 4.78 is 33.7. The van der Waals surface area contributed by atoms with Crippen molar-refractivity contribution in [1.29, 1.82) is 5.41 Å². The third-order valence-electron chi connectivity index (χ3n) is 3.15. The molecule has 0 aliphatic carbocycles. The molecule has 0 saturated heterocycles. The number of carbonyl (C=O) groups is 1. The molecule has 0 saturated carbocycles. The number of alkyl halides is 3. The summed E-state index contributed by atoms with van der Waals surface area (Å²) in [6, 6.07) is 5.52. The lowest BCUT2D eigenvalue weighted by molar-refractivity contribution is -0.135. The van der Waals surface area contributed by atoms with E-state index < -0.39 is 12.6 Å². The number of nitrogens with one attached hydrogen (secondary N) is 2. The molecule has 1 aromatic rings. The van der Waals surface area contributed by atoms with Crippen LogP contribution in [0.2, 0.25) is 0 Å². The Labute approximate surface area is 147 Å². The molecule has 1 rings (SSSR count). The highest BCUT2D eigenvalue weighted by Crippen LogP contribution is 2.21. The number of unbranched alkanes of at least 4 members (excludes halogenated alkanes) is 1. The maximum absolute atomic E-state index is 11.7. The van der Waals surface area contributed by atoms with E-state index in [1.807, 2.05) is 26.0 Å². The fourth-order valence-electron chi connectivity index (χ4n) is 1.69. The van der Waals surface area contributed by atoms with Crippen molar-refractivity contribution in [3.8, 4) is 0 Å². The third kappa shape index (κ3) is 10.3. The maximum atomic E-state index is 11.7. The van der Waals surface area contributed by atoms with Gasteiger partial charge in [0.1, 0.15) is 5.82 Å². The van der Waals surface area contributed by atoms with Crippen LogP contribution in [0.5, 0.6) is 0 Å². The number of hydrogen-bond donors (Lipinski definition) is 2. The standard InChI is InChI=1S/C13H17N3O.C5H9F3/c1-4-10(8-14)13(17)16-12-7-5-6-11(15-12)9(2)3;1-2-3-4-5(6,7)8/h4-9,14H,1-3H3,(H,15,16,17);2-4H2,1H3/b10-4+,14-8?;. The van der Waals surface area contributed by atoms with E-state index >= 15 is 0 Å².